The minimum Gasteiger partial charge on any atom is -0.394 e. The van der Waals surface area contributed by atoms with Gasteiger partial charge in [-0.25, -0.2) is 13.1 Å². The number of morpholine rings is 1. The predicted octanol–water partition coefficient (Wildman–Crippen LogP) is -0.905. The Morgan fingerprint density at radius 3 is 2.46 bits per heavy atom. The monoisotopic (exact) mass is 386 g/mol. The second-order valence-electron chi connectivity index (χ2n) is 6.69. The Morgan fingerprint density at radius 2 is 1.85 bits per heavy atom. The number of aryl methyl sites for hydroxylation is 1. The van der Waals surface area contributed by atoms with Gasteiger partial charge < -0.3 is 19.7 Å². The van der Waals surface area contributed by atoms with Crippen molar-refractivity contribution in [2.75, 3.05) is 39.5 Å². The van der Waals surface area contributed by atoms with Gasteiger partial charge in [0.05, 0.1) is 36.9 Å². The van der Waals surface area contributed by atoms with Crippen molar-refractivity contribution < 1.29 is 28.1 Å². The fourth-order valence-corrected chi connectivity index (χ4v) is 4.51. The van der Waals surface area contributed by atoms with E-state index < -0.39 is 34.4 Å². The molecule has 146 valence electrons. The maximum atomic E-state index is 12.5. The first-order valence-electron chi connectivity index (χ1n) is 8.75. The molecule has 0 radical (unpaired) electrons. The lowest BCUT2D eigenvalue weighted by atomic mass is 10.0. The third kappa shape index (κ3) is 4.25. The van der Waals surface area contributed by atoms with Gasteiger partial charge in [0.1, 0.15) is 12.2 Å². The number of aliphatic hydroxyl groups excluding tert-OH is 2. The molecule has 3 rings (SSSR count). The fraction of sp³-hybridized carbons (Fsp3) is 0.647. The Bertz CT molecular complexity index is 690. The molecule has 2 aliphatic rings. The maximum Gasteiger partial charge on any atom is 0.240 e. The average molecular weight is 386 g/mol. The molecule has 1 aromatic carbocycles. The van der Waals surface area contributed by atoms with Gasteiger partial charge in [0, 0.05) is 19.6 Å². The minimum atomic E-state index is -3.68. The maximum absolute atomic E-state index is 12.5. The van der Waals surface area contributed by atoms with Crippen LogP contribution in [0.5, 0.6) is 0 Å². The second kappa shape index (κ2) is 8.30. The zero-order valence-electron chi connectivity index (χ0n) is 14.7. The number of ether oxygens (including phenoxy) is 2. The van der Waals surface area contributed by atoms with E-state index in [1.165, 1.54) is 0 Å². The molecule has 3 N–H and O–H groups in total. The van der Waals surface area contributed by atoms with Crippen molar-refractivity contribution in [2.45, 2.75) is 36.2 Å². The molecule has 4 atom stereocenters. The van der Waals surface area contributed by atoms with Crippen LogP contribution in [0.25, 0.3) is 0 Å². The van der Waals surface area contributed by atoms with Crippen LogP contribution < -0.4 is 4.72 Å². The number of sulfonamides is 1. The van der Waals surface area contributed by atoms with Gasteiger partial charge in [-0.2, -0.15) is 0 Å². The van der Waals surface area contributed by atoms with Crippen molar-refractivity contribution in [2.24, 2.45) is 0 Å². The molecule has 1 aromatic rings. The molecule has 0 aromatic heterocycles. The topological polar surface area (TPSA) is 108 Å². The summed E-state index contributed by atoms with van der Waals surface area (Å²) in [6.45, 7) is 3.95. The van der Waals surface area contributed by atoms with Crippen LogP contribution in [0, 0.1) is 6.92 Å². The summed E-state index contributed by atoms with van der Waals surface area (Å²) in [5.74, 6) is 0. The summed E-state index contributed by atoms with van der Waals surface area (Å²) in [4.78, 5) is 2.22. The molecule has 2 fully saturated rings. The first-order valence-corrected chi connectivity index (χ1v) is 10.2. The van der Waals surface area contributed by atoms with Gasteiger partial charge in [0.15, 0.2) is 0 Å². The lowest BCUT2D eigenvalue weighted by Gasteiger charge is -2.36. The number of hydrogen-bond acceptors (Lipinski definition) is 7. The molecule has 0 unspecified atom stereocenters. The third-order valence-corrected chi connectivity index (χ3v) is 6.35. The summed E-state index contributed by atoms with van der Waals surface area (Å²) >= 11 is 0. The summed E-state index contributed by atoms with van der Waals surface area (Å²) in [6.07, 6.45) is -2.16. The molecule has 0 saturated carbocycles. The molecular weight excluding hydrogens is 360 g/mol. The first kappa shape index (κ1) is 19.7. The largest absolute Gasteiger partial charge is 0.394 e. The molecule has 0 bridgehead atoms. The lowest BCUT2D eigenvalue weighted by molar-refractivity contribution is -0.0207. The number of aliphatic hydroxyl groups is 2. The number of hydrogen-bond donors (Lipinski definition) is 3. The molecule has 2 heterocycles. The molecule has 2 saturated heterocycles. The van der Waals surface area contributed by atoms with Crippen molar-refractivity contribution >= 4 is 10.0 Å². The van der Waals surface area contributed by atoms with E-state index in [9.17, 15) is 18.6 Å². The van der Waals surface area contributed by atoms with Crippen LogP contribution in [0.2, 0.25) is 0 Å². The Balaban J connectivity index is 1.70. The van der Waals surface area contributed by atoms with Crippen LogP contribution in [-0.2, 0) is 19.5 Å². The Hall–Kier alpha value is -1.07. The van der Waals surface area contributed by atoms with Crippen molar-refractivity contribution in [1.29, 1.82) is 0 Å². The summed E-state index contributed by atoms with van der Waals surface area (Å²) in [6, 6.07) is 6.19. The zero-order valence-corrected chi connectivity index (χ0v) is 15.6. The van der Waals surface area contributed by atoms with E-state index in [0.717, 1.165) is 5.56 Å². The Labute approximate surface area is 153 Å². The zero-order chi connectivity index (χ0) is 18.7. The highest BCUT2D eigenvalue weighted by molar-refractivity contribution is 7.89. The van der Waals surface area contributed by atoms with Gasteiger partial charge in [-0.1, -0.05) is 17.7 Å². The van der Waals surface area contributed by atoms with Crippen LogP contribution in [0.3, 0.4) is 0 Å². The predicted molar refractivity (Wildman–Crippen MR) is 94.3 cm³/mol. The molecule has 0 aliphatic carbocycles. The van der Waals surface area contributed by atoms with Crippen molar-refractivity contribution in [1.82, 2.24) is 9.62 Å². The van der Waals surface area contributed by atoms with Crippen LogP contribution in [0.4, 0.5) is 0 Å². The van der Waals surface area contributed by atoms with Gasteiger partial charge >= 0.3 is 0 Å². The number of nitrogens with zero attached hydrogens (tertiary/aromatic N) is 1. The van der Waals surface area contributed by atoms with Crippen LogP contribution in [0.15, 0.2) is 29.2 Å². The molecule has 0 amide bonds. The summed E-state index contributed by atoms with van der Waals surface area (Å²) in [5, 5.41) is 19.9. The van der Waals surface area contributed by atoms with Crippen LogP contribution >= 0.6 is 0 Å². The highest BCUT2D eigenvalue weighted by Crippen LogP contribution is 2.26. The van der Waals surface area contributed by atoms with E-state index in [1.807, 2.05) is 11.8 Å². The smallest absolute Gasteiger partial charge is 0.240 e. The molecule has 9 heteroatoms. The van der Waals surface area contributed by atoms with Gasteiger partial charge in [0.25, 0.3) is 0 Å². The number of rotatable bonds is 6. The fourth-order valence-electron chi connectivity index (χ4n) is 3.46. The van der Waals surface area contributed by atoms with Crippen molar-refractivity contribution in [3.8, 4) is 0 Å². The third-order valence-electron chi connectivity index (χ3n) is 4.91. The van der Waals surface area contributed by atoms with Gasteiger partial charge in [-0.15, -0.1) is 0 Å². The number of nitrogens with one attached hydrogen (secondary N) is 1. The number of benzene rings is 1. The van der Waals surface area contributed by atoms with E-state index in [0.29, 0.717) is 26.3 Å². The lowest BCUT2D eigenvalue weighted by Crippen LogP contribution is -2.54. The Morgan fingerprint density at radius 1 is 1.19 bits per heavy atom. The summed E-state index contributed by atoms with van der Waals surface area (Å²) in [7, 11) is -3.68. The molecular formula is C17H26N2O6S. The van der Waals surface area contributed by atoms with Crippen molar-refractivity contribution in [3.63, 3.8) is 0 Å². The van der Waals surface area contributed by atoms with Crippen molar-refractivity contribution in [3.05, 3.63) is 29.8 Å². The molecule has 8 nitrogen and oxygen atoms in total. The van der Waals surface area contributed by atoms with E-state index in [4.69, 9.17) is 9.47 Å². The van der Waals surface area contributed by atoms with Gasteiger partial charge in [0.2, 0.25) is 10.0 Å². The molecule has 26 heavy (non-hydrogen) atoms. The second-order valence-corrected chi connectivity index (χ2v) is 8.46. The molecule has 2 aliphatic heterocycles. The first-order chi connectivity index (χ1) is 12.4. The van der Waals surface area contributed by atoms with E-state index in [-0.39, 0.29) is 18.0 Å². The SMILES string of the molecule is Cc1ccc(S(=O)(=O)NC[C@@H]2O[C@@H](CO)[C@@H](O)[C@H]2N2CCOCC2)cc1. The highest BCUT2D eigenvalue weighted by Gasteiger charge is 2.46. The van der Waals surface area contributed by atoms with Gasteiger partial charge in [-0.3, -0.25) is 4.90 Å². The summed E-state index contributed by atoms with van der Waals surface area (Å²) in [5.41, 5.74) is 0.976. The van der Waals surface area contributed by atoms with Crippen LogP contribution in [0.1, 0.15) is 5.56 Å². The Kier molecular flexibility index (Phi) is 6.29. The van der Waals surface area contributed by atoms with Crippen LogP contribution in [-0.4, -0.2) is 87.3 Å². The van der Waals surface area contributed by atoms with E-state index >= 15 is 0 Å². The molecule has 0 spiro atoms. The quantitative estimate of drug-likeness (QED) is 0.581. The van der Waals surface area contributed by atoms with E-state index in [1.54, 1.807) is 24.3 Å². The van der Waals surface area contributed by atoms with Gasteiger partial charge in [-0.05, 0) is 19.1 Å². The standard InChI is InChI=1S/C17H26N2O6S/c1-12-2-4-13(5-3-12)26(22,23)18-10-14-16(17(21)15(11-20)25-14)19-6-8-24-9-7-19/h2-5,14-18,20-21H,6-11H2,1H3/t14-,15-,16-,17+/m0/s1. The average Bonchev–Trinajstić information content (AvgIpc) is 2.97. The van der Waals surface area contributed by atoms with E-state index in [2.05, 4.69) is 4.72 Å². The minimum absolute atomic E-state index is 0.0196. The summed E-state index contributed by atoms with van der Waals surface area (Å²) < 4.78 is 38.6. The normalized spacial score (nSPS) is 30.6. The highest BCUT2D eigenvalue weighted by atomic mass is 32.2.